The van der Waals surface area contributed by atoms with E-state index < -0.39 is 17.3 Å². The molecule has 0 spiro atoms. The molecule has 5 nitrogen and oxygen atoms in total. The van der Waals surface area contributed by atoms with Crippen LogP contribution in [0.25, 0.3) is 0 Å². The van der Waals surface area contributed by atoms with Crippen LogP contribution < -0.4 is 4.74 Å². The Morgan fingerprint density at radius 1 is 0.955 bits per heavy atom. The maximum absolute atomic E-state index is 12.7. The molecule has 0 saturated heterocycles. The zero-order chi connectivity index (χ0) is 16.0. The van der Waals surface area contributed by atoms with Gasteiger partial charge in [-0.05, 0) is 13.8 Å². The van der Waals surface area contributed by atoms with Gasteiger partial charge in [0.05, 0.1) is 12.2 Å². The second kappa shape index (κ2) is 4.87. The van der Waals surface area contributed by atoms with Crippen LogP contribution in [0, 0.1) is 6.92 Å². The topological polar surface area (TPSA) is 83.8 Å². The molecule has 0 aliphatic heterocycles. The monoisotopic (exact) mass is 298 g/mol. The Labute approximate surface area is 126 Å². The van der Waals surface area contributed by atoms with Gasteiger partial charge in [0, 0.05) is 22.3 Å². The number of rotatable bonds is 2. The fourth-order valence-electron chi connectivity index (χ4n) is 2.80. The molecule has 0 bridgehead atoms. The van der Waals surface area contributed by atoms with E-state index in [4.69, 9.17) is 4.74 Å². The molecule has 0 unspecified atom stereocenters. The van der Waals surface area contributed by atoms with E-state index in [9.17, 15) is 19.8 Å². The molecule has 2 aromatic rings. The van der Waals surface area contributed by atoms with Crippen molar-refractivity contribution in [3.63, 3.8) is 0 Å². The van der Waals surface area contributed by atoms with Crippen LogP contribution >= 0.6 is 0 Å². The summed E-state index contributed by atoms with van der Waals surface area (Å²) in [6.07, 6.45) is 0. The quantitative estimate of drug-likeness (QED) is 0.710. The Morgan fingerprint density at radius 3 is 2.05 bits per heavy atom. The molecule has 22 heavy (non-hydrogen) atoms. The van der Waals surface area contributed by atoms with Crippen LogP contribution in [0.2, 0.25) is 0 Å². The summed E-state index contributed by atoms with van der Waals surface area (Å²) in [6, 6.07) is 6.42. The number of hydrogen-bond acceptors (Lipinski definition) is 5. The normalized spacial score (nSPS) is 12.8. The lowest BCUT2D eigenvalue weighted by Crippen LogP contribution is -2.22. The first-order valence-corrected chi connectivity index (χ1v) is 6.88. The van der Waals surface area contributed by atoms with Crippen LogP contribution in [-0.2, 0) is 0 Å². The summed E-state index contributed by atoms with van der Waals surface area (Å²) in [6.45, 7) is 3.56. The van der Waals surface area contributed by atoms with E-state index in [2.05, 4.69) is 0 Å². The molecule has 0 amide bonds. The van der Waals surface area contributed by atoms with Crippen molar-refractivity contribution in [2.75, 3.05) is 6.61 Å². The maximum Gasteiger partial charge on any atom is 0.201 e. The average Bonchev–Trinajstić information content (AvgIpc) is 2.52. The fourth-order valence-corrected chi connectivity index (χ4v) is 2.80. The van der Waals surface area contributed by atoms with Gasteiger partial charge in [-0.25, -0.2) is 0 Å². The largest absolute Gasteiger partial charge is 0.504 e. The number of carbonyl (C=O) groups excluding carboxylic acids is 2. The number of fused-ring (bicyclic) bond motifs is 2. The predicted octanol–water partition coefficient (Wildman–Crippen LogP) is 2.58. The van der Waals surface area contributed by atoms with Gasteiger partial charge in [-0.2, -0.15) is 0 Å². The Morgan fingerprint density at radius 2 is 1.50 bits per heavy atom. The van der Waals surface area contributed by atoms with E-state index >= 15 is 0 Å². The molecule has 3 rings (SSSR count). The predicted molar refractivity (Wildman–Crippen MR) is 79.0 cm³/mol. The van der Waals surface area contributed by atoms with E-state index in [0.717, 1.165) is 0 Å². The summed E-state index contributed by atoms with van der Waals surface area (Å²) in [5, 5.41) is 20.3. The van der Waals surface area contributed by atoms with Crippen molar-refractivity contribution in [2.24, 2.45) is 0 Å². The van der Waals surface area contributed by atoms with Gasteiger partial charge in [-0.3, -0.25) is 9.59 Å². The minimum Gasteiger partial charge on any atom is -0.504 e. The maximum atomic E-state index is 12.7. The van der Waals surface area contributed by atoms with Gasteiger partial charge < -0.3 is 14.9 Å². The van der Waals surface area contributed by atoms with Gasteiger partial charge in [-0.1, -0.05) is 24.3 Å². The number of ketones is 2. The number of benzene rings is 2. The Bertz CT molecular complexity index is 820. The number of phenolic OH excluding ortho intramolecular Hbond substituents is 2. The second-order valence-electron chi connectivity index (χ2n) is 5.04. The van der Waals surface area contributed by atoms with Gasteiger partial charge in [0.2, 0.25) is 5.75 Å². The van der Waals surface area contributed by atoms with E-state index in [1.54, 1.807) is 32.0 Å². The lowest BCUT2D eigenvalue weighted by atomic mass is 9.81. The van der Waals surface area contributed by atoms with Gasteiger partial charge in [0.1, 0.15) is 0 Å². The molecule has 0 radical (unpaired) electrons. The third-order valence-corrected chi connectivity index (χ3v) is 3.80. The summed E-state index contributed by atoms with van der Waals surface area (Å²) in [7, 11) is 0. The lowest BCUT2D eigenvalue weighted by Gasteiger charge is -2.22. The minimum absolute atomic E-state index is 0.0271. The standard InChI is InChI=1S/C17H14O5/c1-3-22-17-8(2)11-12(15(20)16(17)21)14(19)10-7-5-4-6-9(10)13(11)18/h4-7,20-21H,3H2,1-2H3. The van der Waals surface area contributed by atoms with Crippen LogP contribution in [-0.4, -0.2) is 28.4 Å². The summed E-state index contributed by atoms with van der Waals surface area (Å²) < 4.78 is 5.31. The van der Waals surface area contributed by atoms with Crippen molar-refractivity contribution in [3.05, 3.63) is 52.1 Å². The van der Waals surface area contributed by atoms with Gasteiger partial charge in [-0.15, -0.1) is 0 Å². The lowest BCUT2D eigenvalue weighted by molar-refractivity contribution is 0.0975. The van der Waals surface area contributed by atoms with Crippen LogP contribution in [0.15, 0.2) is 24.3 Å². The number of hydrogen-bond donors (Lipinski definition) is 2. The molecular formula is C17H14O5. The molecule has 1 aliphatic carbocycles. The molecule has 5 heteroatoms. The van der Waals surface area contributed by atoms with Crippen LogP contribution in [0.5, 0.6) is 17.2 Å². The smallest absolute Gasteiger partial charge is 0.201 e. The highest BCUT2D eigenvalue weighted by molar-refractivity contribution is 6.30. The molecular weight excluding hydrogens is 284 g/mol. The number of aromatic hydroxyl groups is 2. The Balaban J connectivity index is 2.38. The molecule has 0 aromatic heterocycles. The van der Waals surface area contributed by atoms with Crippen molar-refractivity contribution in [2.45, 2.75) is 13.8 Å². The molecule has 0 atom stereocenters. The van der Waals surface area contributed by atoms with E-state index in [1.165, 1.54) is 6.07 Å². The van der Waals surface area contributed by atoms with Gasteiger partial charge >= 0.3 is 0 Å². The minimum atomic E-state index is -0.614. The first-order valence-electron chi connectivity index (χ1n) is 6.88. The third-order valence-electron chi connectivity index (χ3n) is 3.80. The zero-order valence-electron chi connectivity index (χ0n) is 12.1. The number of carbonyl (C=O) groups is 2. The highest BCUT2D eigenvalue weighted by atomic mass is 16.5. The van der Waals surface area contributed by atoms with E-state index in [1.807, 2.05) is 0 Å². The fraction of sp³-hybridized carbons (Fsp3) is 0.176. The zero-order valence-corrected chi connectivity index (χ0v) is 12.1. The van der Waals surface area contributed by atoms with Crippen molar-refractivity contribution >= 4 is 11.6 Å². The summed E-state index contributed by atoms with van der Waals surface area (Å²) in [5.41, 5.74) is 0.776. The van der Waals surface area contributed by atoms with Crippen LogP contribution in [0.4, 0.5) is 0 Å². The number of phenols is 2. The van der Waals surface area contributed by atoms with Crippen molar-refractivity contribution in [1.29, 1.82) is 0 Å². The molecule has 0 fully saturated rings. The van der Waals surface area contributed by atoms with Crippen LogP contribution in [0.3, 0.4) is 0 Å². The SMILES string of the molecule is CCOc1c(C)c2c(c(O)c1O)C(=O)c1ccccc1C2=O. The van der Waals surface area contributed by atoms with Crippen molar-refractivity contribution < 1.29 is 24.5 Å². The Hall–Kier alpha value is -2.82. The van der Waals surface area contributed by atoms with Gasteiger partial charge in [0.15, 0.2) is 23.1 Å². The van der Waals surface area contributed by atoms with Crippen LogP contribution in [0.1, 0.15) is 44.3 Å². The molecule has 0 heterocycles. The van der Waals surface area contributed by atoms with Crippen molar-refractivity contribution in [1.82, 2.24) is 0 Å². The third kappa shape index (κ3) is 1.72. The van der Waals surface area contributed by atoms with Gasteiger partial charge in [0.25, 0.3) is 0 Å². The van der Waals surface area contributed by atoms with Crippen molar-refractivity contribution in [3.8, 4) is 17.2 Å². The first-order chi connectivity index (χ1) is 10.5. The van der Waals surface area contributed by atoms with E-state index in [-0.39, 0.29) is 40.4 Å². The molecule has 1 aliphatic rings. The highest BCUT2D eigenvalue weighted by Crippen LogP contribution is 2.46. The Kier molecular flexibility index (Phi) is 3.13. The molecule has 0 saturated carbocycles. The second-order valence-corrected chi connectivity index (χ2v) is 5.04. The molecule has 112 valence electrons. The summed E-state index contributed by atoms with van der Waals surface area (Å²) >= 11 is 0. The summed E-state index contributed by atoms with van der Waals surface area (Å²) in [5.74, 6) is -1.95. The molecule has 2 aromatic carbocycles. The first kappa shape index (κ1) is 14.1. The van der Waals surface area contributed by atoms with E-state index in [0.29, 0.717) is 5.56 Å². The average molecular weight is 298 g/mol. The highest BCUT2D eigenvalue weighted by Gasteiger charge is 2.36. The summed E-state index contributed by atoms with van der Waals surface area (Å²) in [4.78, 5) is 25.3. The number of ether oxygens (including phenoxy) is 1. The molecule has 2 N–H and O–H groups in total.